The van der Waals surface area contributed by atoms with E-state index < -0.39 is 13.5 Å². The van der Waals surface area contributed by atoms with E-state index in [9.17, 15) is 9.59 Å². The third-order valence-corrected chi connectivity index (χ3v) is 8.04. The number of carbonyl (C=O) groups is 2. The molecule has 0 N–H and O–H groups in total. The summed E-state index contributed by atoms with van der Waals surface area (Å²) >= 11 is 0. The van der Waals surface area contributed by atoms with Gasteiger partial charge in [-0.2, -0.15) is 0 Å². The third-order valence-electron chi connectivity index (χ3n) is 5.65. The van der Waals surface area contributed by atoms with Crippen molar-refractivity contribution < 1.29 is 14.3 Å². The molecule has 1 fully saturated rings. The zero-order chi connectivity index (χ0) is 24.0. The number of anilines is 1. The maximum absolute atomic E-state index is 13.4. The smallest absolute Gasteiger partial charge is 0.410 e. The Balaban J connectivity index is 0.00000149. The molecule has 2 aliphatic heterocycles. The first-order valence-corrected chi connectivity index (χ1v) is 13.7. The Morgan fingerprint density at radius 1 is 1.00 bits per heavy atom. The van der Waals surface area contributed by atoms with Gasteiger partial charge in [0.25, 0.3) is 0 Å². The molecule has 6 heteroatoms. The van der Waals surface area contributed by atoms with Gasteiger partial charge in [-0.3, -0.25) is 9.69 Å². The monoisotopic (exact) mass is 468 g/mol. The third kappa shape index (κ3) is 6.57. The van der Waals surface area contributed by atoms with Gasteiger partial charge in [-0.15, -0.1) is 0 Å². The van der Waals surface area contributed by atoms with E-state index in [1.165, 1.54) is 5.56 Å². The summed E-state index contributed by atoms with van der Waals surface area (Å²) in [5.74, 6) is 0. The number of benzene rings is 2. The highest BCUT2D eigenvalue weighted by Crippen LogP contribution is 2.46. The van der Waals surface area contributed by atoms with Crippen molar-refractivity contribution >= 4 is 25.4 Å². The highest BCUT2D eigenvalue weighted by Gasteiger charge is 2.31. The molecule has 1 atom stereocenters. The molecule has 178 valence electrons. The molecule has 2 aromatic carbocycles. The standard InChI is InChI=1S/C25H31N2O3P.C2H6/c1-25(2,3)30-23(28)26-16-20-11-12-22(15-21(20)17-26)27-13-7-8-14-31(24(27)29)18-19-9-5-4-6-10-19;1-2/h4-6,9-12,15H,7-8,13-14,16-18H2,1-3H3;1-2H3. The number of hydrogen-bond donors (Lipinski definition) is 0. The van der Waals surface area contributed by atoms with E-state index >= 15 is 0 Å². The molecule has 2 aliphatic rings. The molecular weight excluding hydrogens is 431 g/mol. The lowest BCUT2D eigenvalue weighted by atomic mass is 10.1. The Bertz CT molecular complexity index is 956. The molecule has 0 radical (unpaired) electrons. The van der Waals surface area contributed by atoms with Gasteiger partial charge in [0.15, 0.2) is 0 Å². The average Bonchev–Trinajstić information content (AvgIpc) is 3.14. The van der Waals surface area contributed by atoms with Crippen LogP contribution in [0.4, 0.5) is 15.3 Å². The van der Waals surface area contributed by atoms with Crippen molar-refractivity contribution in [3.8, 4) is 0 Å². The van der Waals surface area contributed by atoms with Crippen LogP contribution < -0.4 is 4.90 Å². The van der Waals surface area contributed by atoms with Crippen LogP contribution in [-0.4, -0.2) is 34.9 Å². The number of rotatable bonds is 3. The molecule has 1 unspecified atom stereocenters. The summed E-state index contributed by atoms with van der Waals surface area (Å²) in [5.41, 5.74) is 4.20. The Kier molecular flexibility index (Phi) is 8.53. The van der Waals surface area contributed by atoms with E-state index in [1.807, 2.05) is 63.8 Å². The maximum atomic E-state index is 13.4. The average molecular weight is 469 g/mol. The number of fused-ring (bicyclic) bond motifs is 1. The van der Waals surface area contributed by atoms with Gasteiger partial charge in [0.05, 0.1) is 0 Å². The highest BCUT2D eigenvalue weighted by atomic mass is 31.1. The molecule has 0 aromatic heterocycles. The minimum atomic E-state index is -0.737. The molecule has 0 spiro atoms. The van der Waals surface area contributed by atoms with Crippen molar-refractivity contribution in [2.75, 3.05) is 17.6 Å². The molecule has 0 bridgehead atoms. The minimum Gasteiger partial charge on any atom is -0.444 e. The molecule has 2 amide bonds. The Morgan fingerprint density at radius 3 is 2.39 bits per heavy atom. The van der Waals surface area contributed by atoms with Crippen molar-refractivity contribution in [3.05, 3.63) is 65.2 Å². The molecule has 2 aromatic rings. The number of nitrogens with zero attached hydrogens (tertiary/aromatic N) is 2. The van der Waals surface area contributed by atoms with Crippen molar-refractivity contribution in [2.45, 2.75) is 72.3 Å². The predicted molar refractivity (Wildman–Crippen MR) is 137 cm³/mol. The highest BCUT2D eigenvalue weighted by molar-refractivity contribution is 7.74. The van der Waals surface area contributed by atoms with E-state index in [1.54, 1.807) is 4.90 Å². The van der Waals surface area contributed by atoms with Crippen molar-refractivity contribution in [1.82, 2.24) is 4.90 Å². The Hall–Kier alpha value is -2.39. The topological polar surface area (TPSA) is 49.9 Å². The zero-order valence-electron chi connectivity index (χ0n) is 20.6. The summed E-state index contributed by atoms with van der Waals surface area (Å²) in [6.07, 6.45) is 3.68. The summed E-state index contributed by atoms with van der Waals surface area (Å²) < 4.78 is 5.53. The van der Waals surface area contributed by atoms with Crippen molar-refractivity contribution in [2.24, 2.45) is 0 Å². The molecule has 33 heavy (non-hydrogen) atoms. The fourth-order valence-electron chi connectivity index (χ4n) is 4.13. The Labute approximate surface area is 199 Å². The van der Waals surface area contributed by atoms with Crippen LogP contribution in [0.3, 0.4) is 0 Å². The lowest BCUT2D eigenvalue weighted by molar-refractivity contribution is 0.0242. The summed E-state index contributed by atoms with van der Waals surface area (Å²) in [4.78, 5) is 29.6. The fraction of sp³-hybridized carbons (Fsp3) is 0.481. The van der Waals surface area contributed by atoms with E-state index in [2.05, 4.69) is 24.3 Å². The van der Waals surface area contributed by atoms with Gasteiger partial charge in [0, 0.05) is 31.5 Å². The maximum Gasteiger partial charge on any atom is 0.410 e. The molecule has 0 saturated carbocycles. The lowest BCUT2D eigenvalue weighted by Gasteiger charge is -2.25. The molecule has 2 heterocycles. The number of carbonyl (C=O) groups excluding carboxylic acids is 2. The number of amides is 2. The molecule has 4 rings (SSSR count). The van der Waals surface area contributed by atoms with Gasteiger partial charge in [-0.25, -0.2) is 4.79 Å². The molecule has 0 aliphatic carbocycles. The minimum absolute atomic E-state index is 0.276. The van der Waals surface area contributed by atoms with Crippen LogP contribution in [0.2, 0.25) is 0 Å². The zero-order valence-corrected chi connectivity index (χ0v) is 21.5. The van der Waals surface area contributed by atoms with Gasteiger partial charge >= 0.3 is 6.09 Å². The normalized spacial score (nSPS) is 18.2. The van der Waals surface area contributed by atoms with Crippen LogP contribution >= 0.6 is 7.92 Å². The first-order valence-electron chi connectivity index (χ1n) is 12.0. The quantitative estimate of drug-likeness (QED) is 0.442. The van der Waals surface area contributed by atoms with E-state index in [0.717, 1.165) is 48.5 Å². The number of hydrogen-bond acceptors (Lipinski definition) is 3. The fourth-order valence-corrected chi connectivity index (χ4v) is 6.43. The van der Waals surface area contributed by atoms with Gasteiger partial charge in [-0.05, 0) is 76.5 Å². The van der Waals surface area contributed by atoms with Crippen molar-refractivity contribution in [3.63, 3.8) is 0 Å². The molecule has 5 nitrogen and oxygen atoms in total. The van der Waals surface area contributed by atoms with Crippen LogP contribution in [-0.2, 0) is 24.0 Å². The molecular formula is C27H37N2O3P. The van der Waals surface area contributed by atoms with E-state index in [-0.39, 0.29) is 11.7 Å². The largest absolute Gasteiger partial charge is 0.444 e. The summed E-state index contributed by atoms with van der Waals surface area (Å²) in [7, 11) is -0.737. The van der Waals surface area contributed by atoms with Gasteiger partial charge in [-0.1, -0.05) is 50.2 Å². The predicted octanol–water partition coefficient (Wildman–Crippen LogP) is 7.37. The van der Waals surface area contributed by atoms with Crippen LogP contribution in [0.15, 0.2) is 48.5 Å². The second-order valence-corrected chi connectivity index (χ2v) is 11.6. The van der Waals surface area contributed by atoms with Crippen LogP contribution in [0, 0.1) is 0 Å². The van der Waals surface area contributed by atoms with Gasteiger partial charge in [0.1, 0.15) is 5.60 Å². The van der Waals surface area contributed by atoms with Crippen LogP contribution in [0.25, 0.3) is 0 Å². The second kappa shape index (κ2) is 11.2. The van der Waals surface area contributed by atoms with Crippen LogP contribution in [0.5, 0.6) is 0 Å². The summed E-state index contributed by atoms with van der Waals surface area (Å²) in [6, 6.07) is 16.5. The van der Waals surface area contributed by atoms with Gasteiger partial charge < -0.3 is 9.64 Å². The summed E-state index contributed by atoms with van der Waals surface area (Å²) in [5, 5.41) is 0. The first kappa shape index (κ1) is 25.2. The van der Waals surface area contributed by atoms with Crippen LogP contribution in [0.1, 0.15) is 64.2 Å². The second-order valence-electron chi connectivity index (χ2n) is 9.34. The molecule has 1 saturated heterocycles. The summed E-state index contributed by atoms with van der Waals surface area (Å²) in [6.45, 7) is 11.5. The van der Waals surface area contributed by atoms with E-state index in [0.29, 0.717) is 13.1 Å². The first-order chi connectivity index (χ1) is 15.8. The van der Waals surface area contributed by atoms with Crippen molar-refractivity contribution in [1.29, 1.82) is 0 Å². The Morgan fingerprint density at radius 2 is 1.70 bits per heavy atom. The van der Waals surface area contributed by atoms with E-state index in [4.69, 9.17) is 4.74 Å². The van der Waals surface area contributed by atoms with Gasteiger partial charge in [0.2, 0.25) is 5.65 Å². The SMILES string of the molecule is CC.CC(C)(C)OC(=O)N1Cc2ccc(N3CCCCP(Cc4ccccc4)C3=O)cc2C1. The number of ether oxygens (including phenoxy) is 1. The lowest BCUT2D eigenvalue weighted by Crippen LogP contribution is -2.33.